The molecule has 1 N–H and O–H groups in total. The molecule has 4 nitrogen and oxygen atoms in total. The van der Waals surface area contributed by atoms with Gasteiger partial charge in [0.1, 0.15) is 0 Å². The molecule has 1 fully saturated rings. The van der Waals surface area contributed by atoms with Crippen molar-refractivity contribution in [2.24, 2.45) is 0 Å². The third-order valence-corrected chi connectivity index (χ3v) is 5.52. The Morgan fingerprint density at radius 3 is 2.63 bits per heavy atom. The number of halogens is 1. The van der Waals surface area contributed by atoms with Crippen molar-refractivity contribution in [3.8, 4) is 0 Å². The third kappa shape index (κ3) is 4.02. The van der Waals surface area contributed by atoms with E-state index in [1.807, 2.05) is 0 Å². The molecule has 1 saturated heterocycles. The van der Waals surface area contributed by atoms with E-state index in [0.717, 1.165) is 17.4 Å². The minimum atomic E-state index is -3.40. The van der Waals surface area contributed by atoms with Crippen LogP contribution in [0.2, 0.25) is 0 Å². The largest absolute Gasteiger partial charge is 0.302 e. The van der Waals surface area contributed by atoms with Crippen LogP contribution in [0.1, 0.15) is 19.3 Å². The zero-order chi connectivity index (χ0) is 13.9. The SMILES string of the molecule is CN1CCCCC1CNS(=O)(=O)c1ccc(Br)cc1. The Hall–Kier alpha value is -0.430. The molecule has 106 valence electrons. The van der Waals surface area contributed by atoms with Crippen molar-refractivity contribution in [2.75, 3.05) is 20.1 Å². The van der Waals surface area contributed by atoms with Gasteiger partial charge in [0.05, 0.1) is 4.90 Å². The lowest BCUT2D eigenvalue weighted by molar-refractivity contribution is 0.187. The smallest absolute Gasteiger partial charge is 0.240 e. The number of nitrogens with zero attached hydrogens (tertiary/aromatic N) is 1. The summed E-state index contributed by atoms with van der Waals surface area (Å²) >= 11 is 3.30. The first-order chi connectivity index (χ1) is 8.99. The highest BCUT2D eigenvalue weighted by Crippen LogP contribution is 2.17. The lowest BCUT2D eigenvalue weighted by Gasteiger charge is -2.32. The number of piperidine rings is 1. The van der Waals surface area contributed by atoms with Crippen molar-refractivity contribution < 1.29 is 8.42 Å². The van der Waals surface area contributed by atoms with Crippen LogP contribution in [-0.4, -0.2) is 39.5 Å². The van der Waals surface area contributed by atoms with E-state index in [1.54, 1.807) is 24.3 Å². The average Bonchev–Trinajstić information content (AvgIpc) is 2.38. The first-order valence-corrected chi connectivity index (χ1v) is 8.72. The zero-order valence-corrected chi connectivity index (χ0v) is 13.4. The van der Waals surface area contributed by atoms with Gasteiger partial charge in [-0.25, -0.2) is 13.1 Å². The average molecular weight is 347 g/mol. The van der Waals surface area contributed by atoms with Gasteiger partial charge in [0.2, 0.25) is 10.0 Å². The van der Waals surface area contributed by atoms with Crippen LogP contribution in [0.5, 0.6) is 0 Å². The Kier molecular flexibility index (Phi) is 5.00. The lowest BCUT2D eigenvalue weighted by Crippen LogP contribution is -2.44. The van der Waals surface area contributed by atoms with Gasteiger partial charge in [-0.3, -0.25) is 0 Å². The lowest BCUT2D eigenvalue weighted by atomic mass is 10.0. The van der Waals surface area contributed by atoms with Crippen molar-refractivity contribution in [3.63, 3.8) is 0 Å². The summed E-state index contributed by atoms with van der Waals surface area (Å²) in [6, 6.07) is 7.00. The number of rotatable bonds is 4. The van der Waals surface area contributed by atoms with E-state index in [9.17, 15) is 8.42 Å². The van der Waals surface area contributed by atoms with E-state index < -0.39 is 10.0 Å². The van der Waals surface area contributed by atoms with Gasteiger partial charge in [0.15, 0.2) is 0 Å². The van der Waals surface area contributed by atoms with Crippen LogP contribution in [0.3, 0.4) is 0 Å². The Morgan fingerprint density at radius 1 is 1.32 bits per heavy atom. The maximum absolute atomic E-state index is 12.1. The standard InChI is InChI=1S/C13H19BrN2O2S/c1-16-9-3-2-4-12(16)10-15-19(17,18)13-7-5-11(14)6-8-13/h5-8,12,15H,2-4,9-10H2,1H3. The summed E-state index contributed by atoms with van der Waals surface area (Å²) in [4.78, 5) is 2.54. The normalized spacial score (nSPS) is 21.5. The molecule has 0 aromatic heterocycles. The molecule has 0 radical (unpaired) electrons. The topological polar surface area (TPSA) is 49.4 Å². The fraction of sp³-hybridized carbons (Fsp3) is 0.538. The van der Waals surface area contributed by atoms with Gasteiger partial charge in [0.25, 0.3) is 0 Å². The van der Waals surface area contributed by atoms with Gasteiger partial charge in [-0.05, 0) is 50.7 Å². The molecular weight excluding hydrogens is 328 g/mol. The molecule has 0 amide bonds. The van der Waals surface area contributed by atoms with E-state index >= 15 is 0 Å². The molecule has 1 unspecified atom stereocenters. The second kappa shape index (κ2) is 6.35. The van der Waals surface area contributed by atoms with Crippen LogP contribution in [0.15, 0.2) is 33.6 Å². The molecular formula is C13H19BrN2O2S. The molecule has 1 aromatic carbocycles. The van der Waals surface area contributed by atoms with Crippen LogP contribution in [0, 0.1) is 0 Å². The third-order valence-electron chi connectivity index (χ3n) is 3.55. The fourth-order valence-electron chi connectivity index (χ4n) is 2.31. The Morgan fingerprint density at radius 2 is 2.00 bits per heavy atom. The molecule has 6 heteroatoms. The maximum Gasteiger partial charge on any atom is 0.240 e. The molecule has 0 bridgehead atoms. The van der Waals surface area contributed by atoms with Crippen molar-refractivity contribution >= 4 is 26.0 Å². The second-order valence-corrected chi connectivity index (χ2v) is 7.62. The molecule has 0 saturated carbocycles. The first-order valence-electron chi connectivity index (χ1n) is 6.44. The van der Waals surface area contributed by atoms with Crippen molar-refractivity contribution in [3.05, 3.63) is 28.7 Å². The van der Waals surface area contributed by atoms with E-state index in [-0.39, 0.29) is 0 Å². The number of benzene rings is 1. The first kappa shape index (κ1) is 15.0. The zero-order valence-electron chi connectivity index (χ0n) is 11.0. The van der Waals surface area contributed by atoms with Gasteiger partial charge in [-0.1, -0.05) is 22.4 Å². The molecule has 1 aliphatic heterocycles. The van der Waals surface area contributed by atoms with Crippen LogP contribution < -0.4 is 4.72 Å². The highest BCUT2D eigenvalue weighted by atomic mass is 79.9. The fourth-order valence-corrected chi connectivity index (χ4v) is 3.64. The van der Waals surface area contributed by atoms with Crippen molar-refractivity contribution in [1.82, 2.24) is 9.62 Å². The Bertz CT molecular complexity index is 516. The van der Waals surface area contributed by atoms with Crippen LogP contribution in [-0.2, 0) is 10.0 Å². The molecule has 1 aliphatic rings. The van der Waals surface area contributed by atoms with Gasteiger partial charge < -0.3 is 4.90 Å². The summed E-state index contributed by atoms with van der Waals surface area (Å²) in [7, 11) is -1.34. The second-order valence-electron chi connectivity index (χ2n) is 4.94. The summed E-state index contributed by atoms with van der Waals surface area (Å²) < 4.78 is 27.9. The molecule has 1 atom stereocenters. The number of hydrogen-bond donors (Lipinski definition) is 1. The van der Waals surface area contributed by atoms with Gasteiger partial charge in [0, 0.05) is 17.1 Å². The van der Waals surface area contributed by atoms with Crippen molar-refractivity contribution in [2.45, 2.75) is 30.2 Å². The minimum Gasteiger partial charge on any atom is -0.302 e. The highest BCUT2D eigenvalue weighted by Gasteiger charge is 2.21. The molecule has 1 heterocycles. The van der Waals surface area contributed by atoms with Crippen LogP contribution in [0.4, 0.5) is 0 Å². The summed E-state index contributed by atoms with van der Waals surface area (Å²) in [6.07, 6.45) is 3.43. The van der Waals surface area contributed by atoms with E-state index in [2.05, 4.69) is 32.6 Å². The molecule has 0 aliphatic carbocycles. The highest BCUT2D eigenvalue weighted by molar-refractivity contribution is 9.10. The number of hydrogen-bond acceptors (Lipinski definition) is 3. The minimum absolute atomic E-state index is 0.305. The van der Waals surface area contributed by atoms with Crippen LogP contribution >= 0.6 is 15.9 Å². The number of likely N-dealkylation sites (tertiary alicyclic amines) is 1. The van der Waals surface area contributed by atoms with Crippen LogP contribution in [0.25, 0.3) is 0 Å². The monoisotopic (exact) mass is 346 g/mol. The summed E-state index contributed by atoms with van der Waals surface area (Å²) in [5.74, 6) is 0. The van der Waals surface area contributed by atoms with Gasteiger partial charge >= 0.3 is 0 Å². The molecule has 19 heavy (non-hydrogen) atoms. The number of nitrogens with one attached hydrogen (secondary N) is 1. The molecule has 2 rings (SSSR count). The molecule has 0 spiro atoms. The summed E-state index contributed by atoms with van der Waals surface area (Å²) in [5, 5.41) is 0. The summed E-state index contributed by atoms with van der Waals surface area (Å²) in [6.45, 7) is 1.53. The Labute approximate surface area is 123 Å². The van der Waals surface area contributed by atoms with Gasteiger partial charge in [-0.15, -0.1) is 0 Å². The number of likely N-dealkylation sites (N-methyl/N-ethyl adjacent to an activating group) is 1. The predicted octanol–water partition coefficient (Wildman–Crippen LogP) is 2.21. The summed E-state index contributed by atoms with van der Waals surface area (Å²) in [5.41, 5.74) is 0. The van der Waals surface area contributed by atoms with Gasteiger partial charge in [-0.2, -0.15) is 0 Å². The Balaban J connectivity index is 1.99. The van der Waals surface area contributed by atoms with E-state index in [1.165, 1.54) is 12.8 Å². The predicted molar refractivity (Wildman–Crippen MR) is 79.6 cm³/mol. The van der Waals surface area contributed by atoms with Crippen molar-refractivity contribution in [1.29, 1.82) is 0 Å². The van der Waals surface area contributed by atoms with E-state index in [4.69, 9.17) is 0 Å². The quantitative estimate of drug-likeness (QED) is 0.909. The van der Waals surface area contributed by atoms with E-state index in [0.29, 0.717) is 17.5 Å². The number of sulfonamides is 1. The molecule has 1 aromatic rings. The maximum atomic E-state index is 12.1.